The van der Waals surface area contributed by atoms with Gasteiger partial charge in [-0.15, -0.1) is 0 Å². The summed E-state index contributed by atoms with van der Waals surface area (Å²) in [6.07, 6.45) is 7.03. The van der Waals surface area contributed by atoms with Crippen molar-refractivity contribution in [3.8, 4) is 0 Å². The highest BCUT2D eigenvalue weighted by molar-refractivity contribution is 5.17. The third-order valence-electron chi connectivity index (χ3n) is 4.42. The molecule has 1 aliphatic carbocycles. The van der Waals surface area contributed by atoms with E-state index in [9.17, 15) is 4.79 Å². The second-order valence-corrected chi connectivity index (χ2v) is 5.50. The number of rotatable bonds is 3. The number of aromatic nitrogens is 2. The lowest BCUT2D eigenvalue weighted by Crippen LogP contribution is -2.22. The van der Waals surface area contributed by atoms with Crippen LogP contribution in [0, 0.1) is 12.8 Å². The van der Waals surface area contributed by atoms with E-state index in [0.29, 0.717) is 5.92 Å². The predicted octanol–water partition coefficient (Wildman–Crippen LogP) is 3.32. The molecule has 1 heterocycles. The molecule has 18 heavy (non-hydrogen) atoms. The molecule has 0 radical (unpaired) electrons. The zero-order valence-electron chi connectivity index (χ0n) is 11.8. The molecule has 1 aromatic heterocycles. The van der Waals surface area contributed by atoms with Crippen LogP contribution >= 0.6 is 0 Å². The number of nitrogens with one attached hydrogen (secondary N) is 1. The van der Waals surface area contributed by atoms with Gasteiger partial charge in [0, 0.05) is 11.5 Å². The van der Waals surface area contributed by atoms with E-state index in [1.165, 1.54) is 32.1 Å². The molecule has 100 valence electrons. The summed E-state index contributed by atoms with van der Waals surface area (Å²) in [6, 6.07) is 0. The SMILES string of the molecule is CCc1nc(C2CCC(CC)CC2)[nH]c(=O)c1C. The van der Waals surface area contributed by atoms with Gasteiger partial charge in [0.1, 0.15) is 5.82 Å². The Morgan fingerprint density at radius 3 is 2.44 bits per heavy atom. The Morgan fingerprint density at radius 1 is 1.22 bits per heavy atom. The zero-order chi connectivity index (χ0) is 13.1. The van der Waals surface area contributed by atoms with Crippen molar-refractivity contribution in [2.24, 2.45) is 5.92 Å². The maximum Gasteiger partial charge on any atom is 0.254 e. The Balaban J connectivity index is 2.19. The average Bonchev–Trinajstić information content (AvgIpc) is 2.42. The van der Waals surface area contributed by atoms with E-state index in [2.05, 4.69) is 23.8 Å². The van der Waals surface area contributed by atoms with E-state index in [-0.39, 0.29) is 5.56 Å². The second kappa shape index (κ2) is 5.68. The first-order valence-electron chi connectivity index (χ1n) is 7.25. The number of aromatic amines is 1. The first-order valence-corrected chi connectivity index (χ1v) is 7.25. The normalized spacial score (nSPS) is 24.2. The lowest BCUT2D eigenvalue weighted by molar-refractivity contribution is 0.311. The van der Waals surface area contributed by atoms with E-state index in [4.69, 9.17) is 0 Å². The fourth-order valence-electron chi connectivity index (χ4n) is 2.98. The van der Waals surface area contributed by atoms with E-state index in [1.54, 1.807) is 0 Å². The van der Waals surface area contributed by atoms with Crippen molar-refractivity contribution >= 4 is 0 Å². The molecule has 0 bridgehead atoms. The molecule has 0 spiro atoms. The standard InChI is InChI=1S/C15H24N2O/c1-4-11-6-8-12(9-7-11)14-16-13(5-2)10(3)15(18)17-14/h11-12H,4-9H2,1-3H3,(H,16,17,18). The van der Waals surface area contributed by atoms with E-state index in [1.807, 2.05) is 6.92 Å². The van der Waals surface area contributed by atoms with Crippen LogP contribution in [0.1, 0.15) is 69.0 Å². The molecule has 3 heteroatoms. The van der Waals surface area contributed by atoms with Crippen molar-refractivity contribution < 1.29 is 0 Å². The van der Waals surface area contributed by atoms with Gasteiger partial charge in [-0.1, -0.05) is 20.3 Å². The van der Waals surface area contributed by atoms with Gasteiger partial charge in [0.05, 0.1) is 5.69 Å². The van der Waals surface area contributed by atoms with Gasteiger partial charge in [0.15, 0.2) is 0 Å². The lowest BCUT2D eigenvalue weighted by Gasteiger charge is -2.27. The lowest BCUT2D eigenvalue weighted by atomic mass is 9.80. The summed E-state index contributed by atoms with van der Waals surface area (Å²) in [5, 5.41) is 0. The van der Waals surface area contributed by atoms with Crippen molar-refractivity contribution in [2.45, 2.75) is 65.2 Å². The van der Waals surface area contributed by atoms with Crippen molar-refractivity contribution in [3.05, 3.63) is 27.4 Å². The summed E-state index contributed by atoms with van der Waals surface area (Å²) in [4.78, 5) is 19.5. The minimum Gasteiger partial charge on any atom is -0.310 e. The van der Waals surface area contributed by atoms with E-state index < -0.39 is 0 Å². The molecular formula is C15H24N2O. The van der Waals surface area contributed by atoms with Crippen molar-refractivity contribution in [1.82, 2.24) is 9.97 Å². The highest BCUT2D eigenvalue weighted by Gasteiger charge is 2.23. The monoisotopic (exact) mass is 248 g/mol. The molecule has 0 aliphatic heterocycles. The van der Waals surface area contributed by atoms with Crippen LogP contribution in [0.3, 0.4) is 0 Å². The average molecular weight is 248 g/mol. The van der Waals surface area contributed by atoms with Gasteiger partial charge in [-0.2, -0.15) is 0 Å². The van der Waals surface area contributed by atoms with Gasteiger partial charge >= 0.3 is 0 Å². The van der Waals surface area contributed by atoms with Crippen LogP contribution in [0.2, 0.25) is 0 Å². The van der Waals surface area contributed by atoms with Crippen LogP contribution in [0.5, 0.6) is 0 Å². The first kappa shape index (κ1) is 13.3. The molecule has 1 fully saturated rings. The molecule has 2 rings (SSSR count). The van der Waals surface area contributed by atoms with Crippen molar-refractivity contribution in [3.63, 3.8) is 0 Å². The molecule has 1 aliphatic rings. The van der Waals surface area contributed by atoms with Crippen LogP contribution in [0.15, 0.2) is 4.79 Å². The fourth-order valence-corrected chi connectivity index (χ4v) is 2.98. The van der Waals surface area contributed by atoms with Gasteiger partial charge in [0.25, 0.3) is 5.56 Å². The Morgan fingerprint density at radius 2 is 1.89 bits per heavy atom. The van der Waals surface area contributed by atoms with Crippen LogP contribution < -0.4 is 5.56 Å². The molecule has 0 amide bonds. The minimum atomic E-state index is 0.0504. The van der Waals surface area contributed by atoms with Gasteiger partial charge in [0.2, 0.25) is 0 Å². The summed E-state index contributed by atoms with van der Waals surface area (Å²) in [7, 11) is 0. The van der Waals surface area contributed by atoms with Gasteiger partial charge in [-0.25, -0.2) is 4.98 Å². The molecular weight excluding hydrogens is 224 g/mol. The molecule has 3 nitrogen and oxygen atoms in total. The number of aryl methyl sites for hydroxylation is 1. The number of H-pyrrole nitrogens is 1. The maximum atomic E-state index is 11.9. The highest BCUT2D eigenvalue weighted by Crippen LogP contribution is 2.35. The van der Waals surface area contributed by atoms with Gasteiger partial charge in [-0.3, -0.25) is 4.79 Å². The summed E-state index contributed by atoms with van der Waals surface area (Å²) in [5.41, 5.74) is 1.80. The largest absolute Gasteiger partial charge is 0.310 e. The topological polar surface area (TPSA) is 45.8 Å². The van der Waals surface area contributed by atoms with Crippen LogP contribution in [0.4, 0.5) is 0 Å². The zero-order valence-corrected chi connectivity index (χ0v) is 11.8. The number of hydrogen-bond donors (Lipinski definition) is 1. The van der Waals surface area contributed by atoms with E-state index >= 15 is 0 Å². The first-order chi connectivity index (χ1) is 8.65. The maximum absolute atomic E-state index is 11.9. The molecule has 1 saturated carbocycles. The Kier molecular flexibility index (Phi) is 4.20. The Hall–Kier alpha value is -1.12. The molecule has 0 unspecified atom stereocenters. The third-order valence-corrected chi connectivity index (χ3v) is 4.42. The number of nitrogens with zero attached hydrogens (tertiary/aromatic N) is 1. The molecule has 0 saturated heterocycles. The minimum absolute atomic E-state index is 0.0504. The third kappa shape index (κ3) is 2.65. The fraction of sp³-hybridized carbons (Fsp3) is 0.733. The smallest absolute Gasteiger partial charge is 0.254 e. The predicted molar refractivity (Wildman–Crippen MR) is 74.0 cm³/mol. The molecule has 1 N–H and O–H groups in total. The Bertz CT molecular complexity index is 456. The van der Waals surface area contributed by atoms with Crippen molar-refractivity contribution in [2.75, 3.05) is 0 Å². The summed E-state index contributed by atoms with van der Waals surface area (Å²) >= 11 is 0. The Labute approximate surface area is 109 Å². The summed E-state index contributed by atoms with van der Waals surface area (Å²) in [5.74, 6) is 2.27. The molecule has 1 aromatic rings. The van der Waals surface area contributed by atoms with Crippen LogP contribution in [0.25, 0.3) is 0 Å². The summed E-state index contributed by atoms with van der Waals surface area (Å²) in [6.45, 7) is 6.20. The van der Waals surface area contributed by atoms with Crippen LogP contribution in [-0.2, 0) is 6.42 Å². The highest BCUT2D eigenvalue weighted by atomic mass is 16.1. The summed E-state index contributed by atoms with van der Waals surface area (Å²) < 4.78 is 0. The number of hydrogen-bond acceptors (Lipinski definition) is 2. The molecule has 0 atom stereocenters. The second-order valence-electron chi connectivity index (χ2n) is 5.50. The van der Waals surface area contributed by atoms with E-state index in [0.717, 1.165) is 29.4 Å². The van der Waals surface area contributed by atoms with Crippen LogP contribution in [-0.4, -0.2) is 9.97 Å². The van der Waals surface area contributed by atoms with Gasteiger partial charge in [-0.05, 0) is 44.9 Å². The van der Waals surface area contributed by atoms with Gasteiger partial charge < -0.3 is 4.98 Å². The molecule has 0 aromatic carbocycles. The van der Waals surface area contributed by atoms with Crippen molar-refractivity contribution in [1.29, 1.82) is 0 Å². The quantitative estimate of drug-likeness (QED) is 0.891.